The predicted octanol–water partition coefficient (Wildman–Crippen LogP) is 0.219. The van der Waals surface area contributed by atoms with Gasteiger partial charge in [0, 0.05) is 0 Å². The molecule has 1 aromatic carbocycles. The van der Waals surface area contributed by atoms with Crippen molar-refractivity contribution in [1.82, 2.24) is 0 Å². The van der Waals surface area contributed by atoms with Crippen molar-refractivity contribution in [2.75, 3.05) is 11.8 Å². The monoisotopic (exact) mass is 247 g/mol. The highest BCUT2D eigenvalue weighted by molar-refractivity contribution is 7.90. The summed E-state index contributed by atoms with van der Waals surface area (Å²) in [6.07, 6.45) is 0. The van der Waals surface area contributed by atoms with Crippen LogP contribution in [0, 0.1) is 10.1 Å². The maximum Gasteiger partial charge on any atom is 0.297 e. The Bertz CT molecular complexity index is 513. The van der Waals surface area contributed by atoms with Crippen molar-refractivity contribution in [3.63, 3.8) is 0 Å². The first kappa shape index (κ1) is 12.2. The summed E-state index contributed by atoms with van der Waals surface area (Å²) in [5.41, 5.74) is -0.651. The maximum absolute atomic E-state index is 10.7. The number of anilines is 1. The molecule has 0 saturated heterocycles. The molecule has 1 aromatic rings. The first-order valence-electron chi connectivity index (χ1n) is 3.96. The van der Waals surface area contributed by atoms with E-state index in [2.05, 4.69) is 0 Å². The van der Waals surface area contributed by atoms with E-state index in [-0.39, 0.29) is 11.4 Å². The van der Waals surface area contributed by atoms with E-state index in [4.69, 9.17) is 9.88 Å². The molecule has 0 heterocycles. The Morgan fingerprint density at radius 3 is 2.56 bits per heavy atom. The molecular weight excluding hydrogens is 238 g/mol. The highest BCUT2D eigenvalue weighted by atomic mass is 32.2. The van der Waals surface area contributed by atoms with Gasteiger partial charge in [-0.15, -0.1) is 0 Å². The van der Waals surface area contributed by atoms with Crippen LogP contribution in [0.2, 0.25) is 0 Å². The molecule has 0 saturated carbocycles. The van der Waals surface area contributed by atoms with E-state index in [0.717, 1.165) is 6.07 Å². The van der Waals surface area contributed by atoms with Gasteiger partial charge < -0.3 is 4.74 Å². The normalized spacial score (nSPS) is 10.9. The number of methoxy groups -OCH3 is 1. The zero-order valence-corrected chi connectivity index (χ0v) is 9.02. The third-order valence-corrected chi connectivity index (χ3v) is 2.16. The van der Waals surface area contributed by atoms with Crippen LogP contribution in [0.4, 0.5) is 11.4 Å². The molecule has 0 unspecified atom stereocenters. The Labute approximate surface area is 91.3 Å². The van der Waals surface area contributed by atoms with Crippen LogP contribution in [0.25, 0.3) is 0 Å². The minimum atomic E-state index is -4.05. The van der Waals surface area contributed by atoms with Crippen molar-refractivity contribution in [3.05, 3.63) is 28.3 Å². The molecule has 0 fully saturated rings. The number of benzene rings is 1. The molecule has 0 amide bonds. The van der Waals surface area contributed by atoms with Gasteiger partial charge in [0.1, 0.15) is 11.4 Å². The molecule has 0 atom stereocenters. The topological polar surface area (TPSA) is 125 Å². The number of hydrogen-bond acceptors (Lipinski definition) is 5. The average molecular weight is 247 g/mol. The Morgan fingerprint density at radius 1 is 1.50 bits per heavy atom. The van der Waals surface area contributed by atoms with Gasteiger partial charge in [-0.1, -0.05) is 0 Å². The van der Waals surface area contributed by atoms with Crippen molar-refractivity contribution in [3.8, 4) is 5.75 Å². The smallest absolute Gasteiger partial charge is 0.297 e. The number of rotatable bonds is 4. The van der Waals surface area contributed by atoms with Crippen LogP contribution in [-0.4, -0.2) is 20.5 Å². The number of hydrogen-bond donors (Lipinski definition) is 2. The van der Waals surface area contributed by atoms with Crippen LogP contribution in [0.15, 0.2) is 18.2 Å². The molecule has 0 spiro atoms. The fourth-order valence-corrected chi connectivity index (χ4v) is 1.51. The lowest BCUT2D eigenvalue weighted by Gasteiger charge is -2.05. The van der Waals surface area contributed by atoms with Crippen molar-refractivity contribution in [2.24, 2.45) is 5.14 Å². The molecule has 0 aromatic heterocycles. The summed E-state index contributed by atoms with van der Waals surface area (Å²) >= 11 is 0. The maximum atomic E-state index is 10.7. The lowest BCUT2D eigenvalue weighted by Crippen LogP contribution is -2.22. The molecule has 8 nitrogen and oxygen atoms in total. The summed E-state index contributed by atoms with van der Waals surface area (Å²) in [5, 5.41) is 15.4. The van der Waals surface area contributed by atoms with Crippen molar-refractivity contribution < 1.29 is 18.1 Å². The first-order valence-corrected chi connectivity index (χ1v) is 5.51. The fraction of sp³-hybridized carbons (Fsp3) is 0.143. The third kappa shape index (κ3) is 3.07. The molecule has 88 valence electrons. The number of nitrogens with one attached hydrogen (secondary N) is 1. The van der Waals surface area contributed by atoms with Crippen LogP contribution in [0.3, 0.4) is 0 Å². The van der Waals surface area contributed by atoms with Gasteiger partial charge in [0.2, 0.25) is 0 Å². The van der Waals surface area contributed by atoms with Crippen molar-refractivity contribution in [2.45, 2.75) is 0 Å². The summed E-state index contributed by atoms with van der Waals surface area (Å²) in [4.78, 5) is 9.91. The molecule has 0 aliphatic carbocycles. The molecular formula is C7H9N3O5S. The Morgan fingerprint density at radius 2 is 2.12 bits per heavy atom. The van der Waals surface area contributed by atoms with Gasteiger partial charge in [-0.25, -0.2) is 5.14 Å². The predicted molar refractivity (Wildman–Crippen MR) is 56.4 cm³/mol. The van der Waals surface area contributed by atoms with Gasteiger partial charge in [-0.3, -0.25) is 14.8 Å². The Hall–Kier alpha value is -1.87. The van der Waals surface area contributed by atoms with E-state index >= 15 is 0 Å². The molecule has 16 heavy (non-hydrogen) atoms. The summed E-state index contributed by atoms with van der Waals surface area (Å²) in [6.45, 7) is 0. The van der Waals surface area contributed by atoms with E-state index < -0.39 is 20.8 Å². The van der Waals surface area contributed by atoms with Gasteiger partial charge >= 0.3 is 0 Å². The molecule has 0 bridgehead atoms. The quantitative estimate of drug-likeness (QED) is 0.581. The van der Waals surface area contributed by atoms with Gasteiger partial charge in [-0.2, -0.15) is 8.42 Å². The number of nitrogens with zero attached hydrogens (tertiary/aromatic N) is 1. The second-order valence-corrected chi connectivity index (χ2v) is 4.08. The van der Waals surface area contributed by atoms with E-state index in [1.807, 2.05) is 4.72 Å². The van der Waals surface area contributed by atoms with Crippen molar-refractivity contribution >= 4 is 21.6 Å². The largest absolute Gasteiger partial charge is 0.496 e. The van der Waals surface area contributed by atoms with Crippen molar-refractivity contribution in [1.29, 1.82) is 0 Å². The molecule has 1 rings (SSSR count). The summed E-state index contributed by atoms with van der Waals surface area (Å²) in [5.74, 6) is 0.242. The first-order chi connectivity index (χ1) is 7.33. The number of ether oxygens (including phenoxy) is 1. The van der Waals surface area contributed by atoms with E-state index in [1.165, 1.54) is 19.2 Å². The number of nitro groups is 1. The highest BCUT2D eigenvalue weighted by Crippen LogP contribution is 2.29. The number of nitro benzene ring substituents is 1. The minimum absolute atomic E-state index is 0.215. The van der Waals surface area contributed by atoms with Crippen LogP contribution >= 0.6 is 0 Å². The van der Waals surface area contributed by atoms with E-state index in [1.54, 1.807) is 0 Å². The molecule has 0 aliphatic rings. The van der Waals surface area contributed by atoms with Gasteiger partial charge in [0.05, 0.1) is 18.1 Å². The van der Waals surface area contributed by atoms with Gasteiger partial charge in [0.15, 0.2) is 0 Å². The van der Waals surface area contributed by atoms with Crippen LogP contribution in [-0.2, 0) is 10.2 Å². The Balaban J connectivity index is 3.23. The van der Waals surface area contributed by atoms with Crippen LogP contribution in [0.1, 0.15) is 0 Å². The molecule has 0 radical (unpaired) electrons. The third-order valence-electron chi connectivity index (χ3n) is 1.65. The number of nitrogens with two attached hydrogens (primary N) is 1. The summed E-state index contributed by atoms with van der Waals surface area (Å²) < 4.78 is 28.1. The van der Waals surface area contributed by atoms with E-state index in [9.17, 15) is 18.5 Å². The zero-order valence-electron chi connectivity index (χ0n) is 8.21. The van der Waals surface area contributed by atoms with E-state index in [0.29, 0.717) is 0 Å². The Kier molecular flexibility index (Phi) is 3.30. The summed E-state index contributed by atoms with van der Waals surface area (Å²) in [7, 11) is -2.71. The SMILES string of the molecule is COc1ccc(NS(N)(=O)=O)c([N+](=O)[O-])c1. The lowest BCUT2D eigenvalue weighted by molar-refractivity contribution is -0.384. The second kappa shape index (κ2) is 4.33. The van der Waals surface area contributed by atoms with Crippen LogP contribution < -0.4 is 14.6 Å². The van der Waals surface area contributed by atoms with Gasteiger partial charge in [-0.05, 0) is 12.1 Å². The summed E-state index contributed by atoms with van der Waals surface area (Å²) in [6, 6.07) is 3.66. The zero-order chi connectivity index (χ0) is 12.3. The van der Waals surface area contributed by atoms with Crippen LogP contribution in [0.5, 0.6) is 5.75 Å². The lowest BCUT2D eigenvalue weighted by atomic mass is 10.2. The fourth-order valence-electron chi connectivity index (χ4n) is 1.03. The molecule has 9 heteroatoms. The van der Waals surface area contributed by atoms with Gasteiger partial charge in [0.25, 0.3) is 15.9 Å². The highest BCUT2D eigenvalue weighted by Gasteiger charge is 2.17. The average Bonchev–Trinajstić information content (AvgIpc) is 2.15. The molecule has 0 aliphatic heterocycles. The molecule has 3 N–H and O–H groups in total. The minimum Gasteiger partial charge on any atom is -0.496 e. The second-order valence-electron chi connectivity index (χ2n) is 2.79. The standard InChI is InChI=1S/C7H9N3O5S/c1-15-5-2-3-6(9-16(8,13)14)7(4-5)10(11)12/h2-4,9H,1H3,(H2,8,13,14).